The molecule has 1 amide bonds. The van der Waals surface area contributed by atoms with E-state index in [1.54, 1.807) is 13.8 Å². The van der Waals surface area contributed by atoms with E-state index < -0.39 is 47.6 Å². The predicted molar refractivity (Wildman–Crippen MR) is 71.1 cm³/mol. The second kappa shape index (κ2) is 8.23. The first-order valence-corrected chi connectivity index (χ1v) is 6.36. The van der Waals surface area contributed by atoms with E-state index >= 15 is 0 Å². The van der Waals surface area contributed by atoms with Gasteiger partial charge < -0.3 is 19.9 Å². The minimum Gasteiger partial charge on any atom is -0.480 e. The molecule has 0 aromatic rings. The van der Waals surface area contributed by atoms with E-state index in [-0.39, 0.29) is 0 Å². The molecule has 0 aliphatic carbocycles. The number of rotatable bonds is 7. The number of hydrogen-bond donors (Lipinski definition) is 2. The van der Waals surface area contributed by atoms with Gasteiger partial charge in [0.1, 0.15) is 6.04 Å². The fourth-order valence-corrected chi connectivity index (χ4v) is 1.71. The van der Waals surface area contributed by atoms with Gasteiger partial charge in [-0.2, -0.15) is 0 Å². The third-order valence-corrected chi connectivity index (χ3v) is 3.05. The molecule has 8 nitrogen and oxygen atoms in total. The van der Waals surface area contributed by atoms with Crippen molar-refractivity contribution >= 4 is 23.8 Å². The molecule has 21 heavy (non-hydrogen) atoms. The Hall–Kier alpha value is -2.12. The first kappa shape index (κ1) is 18.9. The molecule has 0 aromatic carbocycles. The minimum absolute atomic E-state index is 0.436. The SMILES string of the molecule is COC(=O)C(C(=O)OC)[C@H](C)[C@H](NC(=O)C(C)C)C(=O)O. The van der Waals surface area contributed by atoms with Crippen LogP contribution in [0.4, 0.5) is 0 Å². The number of aliphatic carboxylic acids is 1. The zero-order valence-corrected chi connectivity index (χ0v) is 12.7. The normalized spacial score (nSPS) is 13.5. The molecular formula is C13H21NO7. The van der Waals surface area contributed by atoms with Crippen LogP contribution < -0.4 is 5.32 Å². The number of ether oxygens (including phenoxy) is 2. The Balaban J connectivity index is 5.36. The lowest BCUT2D eigenvalue weighted by Crippen LogP contribution is -2.51. The average molecular weight is 303 g/mol. The summed E-state index contributed by atoms with van der Waals surface area (Å²) in [6, 6.07) is -1.41. The topological polar surface area (TPSA) is 119 Å². The van der Waals surface area contributed by atoms with Crippen LogP contribution in [0.3, 0.4) is 0 Å². The first-order chi connectivity index (χ1) is 9.67. The van der Waals surface area contributed by atoms with E-state index in [0.717, 1.165) is 14.2 Å². The summed E-state index contributed by atoms with van der Waals surface area (Å²) in [5.41, 5.74) is 0. The summed E-state index contributed by atoms with van der Waals surface area (Å²) in [5.74, 6) is -6.59. The third-order valence-electron chi connectivity index (χ3n) is 3.05. The molecule has 0 fully saturated rings. The second-order valence-electron chi connectivity index (χ2n) is 4.86. The van der Waals surface area contributed by atoms with E-state index in [1.807, 2.05) is 0 Å². The summed E-state index contributed by atoms with van der Waals surface area (Å²) in [7, 11) is 2.15. The molecule has 0 unspecified atom stereocenters. The number of carbonyl (C=O) groups excluding carboxylic acids is 3. The molecule has 0 aliphatic heterocycles. The molecule has 120 valence electrons. The van der Waals surface area contributed by atoms with Crippen molar-refractivity contribution in [2.75, 3.05) is 14.2 Å². The molecule has 0 heterocycles. The first-order valence-electron chi connectivity index (χ1n) is 6.36. The molecule has 2 atom stereocenters. The number of nitrogens with one attached hydrogen (secondary N) is 1. The van der Waals surface area contributed by atoms with Gasteiger partial charge in [-0.3, -0.25) is 14.4 Å². The molecule has 8 heteroatoms. The lowest BCUT2D eigenvalue weighted by atomic mass is 9.87. The highest BCUT2D eigenvalue weighted by Gasteiger charge is 2.42. The monoisotopic (exact) mass is 303 g/mol. The maximum atomic E-state index is 11.7. The fourth-order valence-electron chi connectivity index (χ4n) is 1.71. The van der Waals surface area contributed by atoms with E-state index in [1.165, 1.54) is 6.92 Å². The molecule has 0 rings (SSSR count). The van der Waals surface area contributed by atoms with Crippen LogP contribution in [0.15, 0.2) is 0 Å². The van der Waals surface area contributed by atoms with Crippen LogP contribution in [0.25, 0.3) is 0 Å². The van der Waals surface area contributed by atoms with Crippen molar-refractivity contribution in [3.8, 4) is 0 Å². The van der Waals surface area contributed by atoms with E-state index in [2.05, 4.69) is 14.8 Å². The number of hydrogen-bond acceptors (Lipinski definition) is 6. The van der Waals surface area contributed by atoms with Gasteiger partial charge in [0.25, 0.3) is 0 Å². The van der Waals surface area contributed by atoms with Gasteiger partial charge in [-0.05, 0) is 0 Å². The van der Waals surface area contributed by atoms with Crippen molar-refractivity contribution in [2.24, 2.45) is 17.8 Å². The molecule has 2 N–H and O–H groups in total. The summed E-state index contributed by atoms with van der Waals surface area (Å²) in [6.07, 6.45) is 0. The van der Waals surface area contributed by atoms with Crippen molar-refractivity contribution in [3.05, 3.63) is 0 Å². The summed E-state index contributed by atoms with van der Waals surface area (Å²) in [4.78, 5) is 46.3. The number of esters is 2. The van der Waals surface area contributed by atoms with E-state index in [9.17, 15) is 24.3 Å². The van der Waals surface area contributed by atoms with Crippen LogP contribution >= 0.6 is 0 Å². The largest absolute Gasteiger partial charge is 0.480 e. The van der Waals surface area contributed by atoms with Gasteiger partial charge in [0.2, 0.25) is 5.91 Å². The molecule has 0 bridgehead atoms. The van der Waals surface area contributed by atoms with Crippen LogP contribution in [-0.2, 0) is 28.7 Å². The fraction of sp³-hybridized carbons (Fsp3) is 0.692. The second-order valence-corrected chi connectivity index (χ2v) is 4.86. The van der Waals surface area contributed by atoms with E-state index in [4.69, 9.17) is 0 Å². The van der Waals surface area contributed by atoms with Crippen molar-refractivity contribution in [3.63, 3.8) is 0 Å². The summed E-state index contributed by atoms with van der Waals surface area (Å²) in [6.45, 7) is 4.55. The lowest BCUT2D eigenvalue weighted by Gasteiger charge is -2.26. The highest BCUT2D eigenvalue weighted by atomic mass is 16.5. The predicted octanol–water partition coefficient (Wildman–Crippen LogP) is -0.190. The smallest absolute Gasteiger partial charge is 0.326 e. The standard InChI is InChI=1S/C13H21NO7/c1-6(2)10(15)14-9(11(16)17)7(3)8(12(18)20-4)13(19)21-5/h6-9H,1-5H3,(H,14,15)(H,16,17)/t7-,9-/m0/s1. The molecule has 0 saturated carbocycles. The summed E-state index contributed by atoms with van der Waals surface area (Å²) < 4.78 is 8.99. The van der Waals surface area contributed by atoms with Gasteiger partial charge in [0, 0.05) is 11.8 Å². The zero-order valence-electron chi connectivity index (χ0n) is 12.7. The summed E-state index contributed by atoms with van der Waals surface area (Å²) in [5, 5.41) is 11.5. The molecule has 0 saturated heterocycles. The Bertz CT molecular complexity index is 403. The average Bonchev–Trinajstić information content (AvgIpc) is 2.43. The van der Waals surface area contributed by atoms with Gasteiger partial charge in [-0.25, -0.2) is 4.79 Å². The van der Waals surface area contributed by atoms with Crippen LogP contribution in [0.2, 0.25) is 0 Å². The van der Waals surface area contributed by atoms with Crippen LogP contribution in [0.1, 0.15) is 20.8 Å². The quantitative estimate of drug-likeness (QED) is 0.494. The Labute approximate surface area is 122 Å². The highest BCUT2D eigenvalue weighted by Crippen LogP contribution is 2.20. The van der Waals surface area contributed by atoms with Gasteiger partial charge in [-0.15, -0.1) is 0 Å². The van der Waals surface area contributed by atoms with Gasteiger partial charge in [0.05, 0.1) is 14.2 Å². The third kappa shape index (κ3) is 5.05. The van der Waals surface area contributed by atoms with Crippen molar-refractivity contribution in [1.29, 1.82) is 0 Å². The number of methoxy groups -OCH3 is 2. The lowest BCUT2D eigenvalue weighted by molar-refractivity contribution is -0.163. The maximum absolute atomic E-state index is 11.7. The van der Waals surface area contributed by atoms with Gasteiger partial charge in [0.15, 0.2) is 5.92 Å². The maximum Gasteiger partial charge on any atom is 0.326 e. The van der Waals surface area contributed by atoms with Crippen molar-refractivity contribution < 1.29 is 33.8 Å². The zero-order chi connectivity index (χ0) is 16.7. The Morgan fingerprint density at radius 2 is 1.38 bits per heavy atom. The Morgan fingerprint density at radius 3 is 1.67 bits per heavy atom. The van der Waals surface area contributed by atoms with Crippen LogP contribution in [0.5, 0.6) is 0 Å². The molecule has 0 spiro atoms. The number of carboxylic acid groups (broad SMARTS) is 1. The summed E-state index contributed by atoms with van der Waals surface area (Å²) >= 11 is 0. The molecule has 0 radical (unpaired) electrons. The van der Waals surface area contributed by atoms with Gasteiger partial charge >= 0.3 is 17.9 Å². The minimum atomic E-state index is -1.44. The molecular weight excluding hydrogens is 282 g/mol. The van der Waals surface area contributed by atoms with Crippen LogP contribution in [0, 0.1) is 17.8 Å². The van der Waals surface area contributed by atoms with Crippen molar-refractivity contribution in [1.82, 2.24) is 5.32 Å². The number of carbonyl (C=O) groups is 4. The number of carboxylic acids is 1. The van der Waals surface area contributed by atoms with Crippen molar-refractivity contribution in [2.45, 2.75) is 26.8 Å². The Kier molecular flexibility index (Phi) is 7.40. The van der Waals surface area contributed by atoms with E-state index in [0.29, 0.717) is 0 Å². The Morgan fingerprint density at radius 1 is 0.952 bits per heavy atom. The highest BCUT2D eigenvalue weighted by molar-refractivity contribution is 5.96. The van der Waals surface area contributed by atoms with Gasteiger partial charge in [-0.1, -0.05) is 20.8 Å². The van der Waals surface area contributed by atoms with Crippen LogP contribution in [-0.4, -0.2) is 49.2 Å². The molecule has 0 aromatic heterocycles. The number of amides is 1. The molecule has 0 aliphatic rings.